The number of ether oxygens (including phenoxy) is 2. The highest BCUT2D eigenvalue weighted by Gasteiger charge is 2.27. The number of hydrogen-bond donors (Lipinski definition) is 0. The van der Waals surface area contributed by atoms with Crippen LogP contribution in [0.15, 0.2) is 36.7 Å². The van der Waals surface area contributed by atoms with Gasteiger partial charge in [0.05, 0.1) is 12.5 Å². The van der Waals surface area contributed by atoms with E-state index in [0.717, 1.165) is 49.1 Å². The van der Waals surface area contributed by atoms with Crippen molar-refractivity contribution in [3.05, 3.63) is 36.7 Å². The molecule has 0 atom stereocenters. The molecule has 1 aliphatic carbocycles. The van der Waals surface area contributed by atoms with Crippen molar-refractivity contribution in [1.29, 1.82) is 0 Å². The highest BCUT2D eigenvalue weighted by atomic mass is 16.5. The van der Waals surface area contributed by atoms with E-state index in [1.807, 2.05) is 24.3 Å². The van der Waals surface area contributed by atoms with Crippen LogP contribution in [0.4, 0.5) is 0 Å². The number of nitrogens with zero attached hydrogens (tertiary/aromatic N) is 2. The van der Waals surface area contributed by atoms with Crippen molar-refractivity contribution in [3.63, 3.8) is 0 Å². The fourth-order valence-electron chi connectivity index (χ4n) is 4.87. The van der Waals surface area contributed by atoms with E-state index in [-0.39, 0.29) is 11.9 Å². The van der Waals surface area contributed by atoms with Crippen molar-refractivity contribution in [3.8, 4) is 22.9 Å². The van der Waals surface area contributed by atoms with Gasteiger partial charge in [-0.25, -0.2) is 9.97 Å². The molecule has 0 radical (unpaired) electrons. The fraction of sp³-hybridized carbons (Fsp3) is 0.633. The van der Waals surface area contributed by atoms with Gasteiger partial charge in [-0.3, -0.25) is 4.79 Å². The normalized spacial score (nSPS) is 17.8. The van der Waals surface area contributed by atoms with E-state index in [0.29, 0.717) is 18.4 Å². The molecule has 5 nitrogen and oxygen atoms in total. The predicted octanol–water partition coefficient (Wildman–Crippen LogP) is 8.18. The summed E-state index contributed by atoms with van der Waals surface area (Å²) in [5.41, 5.74) is 1.90. The van der Waals surface area contributed by atoms with Crippen LogP contribution in [0.25, 0.3) is 11.1 Å². The molecule has 1 heterocycles. The van der Waals surface area contributed by atoms with Gasteiger partial charge in [0, 0.05) is 18.0 Å². The lowest BCUT2D eigenvalue weighted by Gasteiger charge is -2.27. The molecule has 0 unspecified atom stereocenters. The summed E-state index contributed by atoms with van der Waals surface area (Å²) < 4.78 is 11.4. The van der Waals surface area contributed by atoms with Crippen molar-refractivity contribution < 1.29 is 14.3 Å². The Kier molecular flexibility index (Phi) is 12.1. The Morgan fingerprint density at radius 3 is 2.11 bits per heavy atom. The molecule has 2 aromatic rings. The molecule has 1 aromatic carbocycles. The van der Waals surface area contributed by atoms with Crippen molar-refractivity contribution in [2.24, 2.45) is 11.8 Å². The minimum Gasteiger partial charge on any atom is -0.463 e. The maximum atomic E-state index is 12.6. The Hall–Kier alpha value is -2.43. The van der Waals surface area contributed by atoms with E-state index in [2.05, 4.69) is 23.8 Å². The van der Waals surface area contributed by atoms with Crippen molar-refractivity contribution in [2.45, 2.75) is 104 Å². The molecule has 5 heteroatoms. The van der Waals surface area contributed by atoms with Crippen LogP contribution in [-0.4, -0.2) is 22.5 Å². The molecule has 0 amide bonds. The van der Waals surface area contributed by atoms with E-state index in [1.54, 1.807) is 12.4 Å². The summed E-state index contributed by atoms with van der Waals surface area (Å²) in [4.78, 5) is 21.3. The maximum absolute atomic E-state index is 12.6. The third-order valence-corrected chi connectivity index (χ3v) is 7.16. The average Bonchev–Trinajstić information content (AvgIpc) is 2.89. The summed E-state index contributed by atoms with van der Waals surface area (Å²) in [7, 11) is 0. The second-order valence-electron chi connectivity index (χ2n) is 10.0. The summed E-state index contributed by atoms with van der Waals surface area (Å²) in [5, 5.41) is 0. The molecular formula is C30H44N2O3. The van der Waals surface area contributed by atoms with Crippen LogP contribution in [0.5, 0.6) is 11.8 Å². The first-order valence-electron chi connectivity index (χ1n) is 14.0. The molecule has 0 aliphatic heterocycles. The summed E-state index contributed by atoms with van der Waals surface area (Å²) in [5.74, 6) is 1.34. The van der Waals surface area contributed by atoms with Crippen LogP contribution in [0, 0.1) is 11.8 Å². The topological polar surface area (TPSA) is 61.3 Å². The smallest absolute Gasteiger partial charge is 0.316 e. The molecule has 3 rings (SSSR count). The second kappa shape index (κ2) is 15.5. The Labute approximate surface area is 212 Å². The third kappa shape index (κ3) is 9.62. The Morgan fingerprint density at radius 2 is 1.43 bits per heavy atom. The molecule has 1 saturated carbocycles. The van der Waals surface area contributed by atoms with Crippen molar-refractivity contribution >= 4 is 5.97 Å². The minimum absolute atomic E-state index is 0.0365. The standard InChI is InChI=1S/C30H44N2O3/c1-3-5-7-8-9-11-21-34-30-31-22-27(23-32-30)25-17-19-28(20-18-25)35-29(33)26-15-13-24(14-16-26)12-10-6-4-2/h17-20,22-24,26H,3-16,21H2,1-2H3. The summed E-state index contributed by atoms with van der Waals surface area (Å²) >= 11 is 0. The van der Waals surface area contributed by atoms with Gasteiger partial charge in [-0.15, -0.1) is 0 Å². The van der Waals surface area contributed by atoms with Gasteiger partial charge in [0.25, 0.3) is 0 Å². The Morgan fingerprint density at radius 1 is 0.800 bits per heavy atom. The second-order valence-corrected chi connectivity index (χ2v) is 10.0. The summed E-state index contributed by atoms with van der Waals surface area (Å²) in [6.07, 6.45) is 20.4. The number of unbranched alkanes of at least 4 members (excludes halogenated alkanes) is 7. The van der Waals surface area contributed by atoms with Gasteiger partial charge in [-0.2, -0.15) is 0 Å². The van der Waals surface area contributed by atoms with Gasteiger partial charge in [0.2, 0.25) is 0 Å². The summed E-state index contributed by atoms with van der Waals surface area (Å²) in [6.45, 7) is 5.14. The first-order chi connectivity index (χ1) is 17.2. The van der Waals surface area contributed by atoms with Crippen LogP contribution >= 0.6 is 0 Å². The maximum Gasteiger partial charge on any atom is 0.316 e. The van der Waals surface area contributed by atoms with Crippen LogP contribution in [0.1, 0.15) is 104 Å². The van der Waals surface area contributed by atoms with Crippen molar-refractivity contribution in [1.82, 2.24) is 9.97 Å². The molecule has 0 spiro atoms. The van der Waals surface area contributed by atoms with Gasteiger partial charge in [-0.05, 0) is 55.7 Å². The lowest BCUT2D eigenvalue weighted by molar-refractivity contribution is -0.140. The van der Waals surface area contributed by atoms with E-state index in [9.17, 15) is 4.79 Å². The number of hydrogen-bond acceptors (Lipinski definition) is 5. The number of carbonyl (C=O) groups excluding carboxylic acids is 1. The summed E-state index contributed by atoms with van der Waals surface area (Å²) in [6, 6.07) is 8.03. The van der Waals surface area contributed by atoms with Crippen LogP contribution in [-0.2, 0) is 4.79 Å². The molecular weight excluding hydrogens is 436 g/mol. The molecule has 0 bridgehead atoms. The van der Waals surface area contributed by atoms with Gasteiger partial charge in [0.15, 0.2) is 0 Å². The van der Waals surface area contributed by atoms with E-state index in [1.165, 1.54) is 57.8 Å². The fourth-order valence-corrected chi connectivity index (χ4v) is 4.87. The number of aromatic nitrogens is 2. The molecule has 35 heavy (non-hydrogen) atoms. The minimum atomic E-state index is -0.0834. The third-order valence-electron chi connectivity index (χ3n) is 7.16. The number of esters is 1. The van der Waals surface area contributed by atoms with E-state index in [4.69, 9.17) is 9.47 Å². The van der Waals surface area contributed by atoms with Gasteiger partial charge in [-0.1, -0.05) is 83.8 Å². The monoisotopic (exact) mass is 480 g/mol. The van der Waals surface area contributed by atoms with Crippen LogP contribution in [0.3, 0.4) is 0 Å². The SMILES string of the molecule is CCCCCCCCOc1ncc(-c2ccc(OC(=O)C3CCC(CCCCC)CC3)cc2)cn1. The average molecular weight is 481 g/mol. The molecule has 0 N–H and O–H groups in total. The first-order valence-corrected chi connectivity index (χ1v) is 14.0. The molecule has 1 aliphatic rings. The molecule has 1 fully saturated rings. The first kappa shape index (κ1) is 27.2. The predicted molar refractivity (Wildman–Crippen MR) is 142 cm³/mol. The highest BCUT2D eigenvalue weighted by Crippen LogP contribution is 2.33. The largest absolute Gasteiger partial charge is 0.463 e. The van der Waals surface area contributed by atoms with E-state index >= 15 is 0 Å². The zero-order chi connectivity index (χ0) is 24.7. The number of benzene rings is 1. The van der Waals surface area contributed by atoms with Crippen LogP contribution in [0.2, 0.25) is 0 Å². The van der Waals surface area contributed by atoms with Gasteiger partial charge in [0.1, 0.15) is 5.75 Å². The molecule has 1 aromatic heterocycles. The zero-order valence-corrected chi connectivity index (χ0v) is 21.8. The van der Waals surface area contributed by atoms with Gasteiger partial charge < -0.3 is 9.47 Å². The lowest BCUT2D eigenvalue weighted by atomic mass is 9.80. The number of carbonyl (C=O) groups is 1. The zero-order valence-electron chi connectivity index (χ0n) is 21.8. The van der Waals surface area contributed by atoms with Gasteiger partial charge >= 0.3 is 12.0 Å². The number of rotatable bonds is 15. The van der Waals surface area contributed by atoms with Crippen molar-refractivity contribution in [2.75, 3.05) is 6.61 Å². The quantitative estimate of drug-likeness (QED) is 0.146. The lowest BCUT2D eigenvalue weighted by Crippen LogP contribution is -2.25. The molecule has 192 valence electrons. The van der Waals surface area contributed by atoms with Crippen LogP contribution < -0.4 is 9.47 Å². The Bertz CT molecular complexity index is 843. The molecule has 0 saturated heterocycles. The Balaban J connectivity index is 1.39. The highest BCUT2D eigenvalue weighted by molar-refractivity contribution is 5.75. The van der Waals surface area contributed by atoms with E-state index < -0.39 is 0 Å².